The molecule has 4 rings (SSSR count). The molecule has 0 aromatic heterocycles. The van der Waals surface area contributed by atoms with Crippen molar-refractivity contribution in [3.8, 4) is 0 Å². The van der Waals surface area contributed by atoms with Crippen molar-refractivity contribution in [1.82, 2.24) is 4.90 Å². The van der Waals surface area contributed by atoms with Crippen LogP contribution >= 0.6 is 0 Å². The minimum absolute atomic E-state index is 0.0710. The number of nitro groups is 1. The lowest BCUT2D eigenvalue weighted by molar-refractivity contribution is -0.384. The van der Waals surface area contributed by atoms with Gasteiger partial charge >= 0.3 is 0 Å². The molecule has 166 valence electrons. The number of rotatable bonds is 6. The molecule has 1 aliphatic rings. The summed E-state index contributed by atoms with van der Waals surface area (Å²) in [4.78, 5) is 37.9. The maximum atomic E-state index is 13.2. The van der Waals surface area contributed by atoms with E-state index >= 15 is 0 Å². The highest BCUT2D eigenvalue weighted by molar-refractivity contribution is 6.46. The van der Waals surface area contributed by atoms with Crippen molar-refractivity contribution in [1.29, 1.82) is 0 Å². The maximum Gasteiger partial charge on any atom is 0.295 e. The van der Waals surface area contributed by atoms with Crippen molar-refractivity contribution >= 4 is 23.1 Å². The molecular weight excluding hydrogens is 427 g/mol. The molecule has 8 heteroatoms. The Morgan fingerprint density at radius 2 is 1.70 bits per heavy atom. The number of benzene rings is 3. The lowest BCUT2D eigenvalue weighted by atomic mass is 9.95. The van der Waals surface area contributed by atoms with Gasteiger partial charge in [0.1, 0.15) is 11.6 Å². The van der Waals surface area contributed by atoms with E-state index in [-0.39, 0.29) is 29.2 Å². The summed E-state index contributed by atoms with van der Waals surface area (Å²) >= 11 is 0. The van der Waals surface area contributed by atoms with Gasteiger partial charge in [0.2, 0.25) is 0 Å². The van der Waals surface area contributed by atoms with Crippen molar-refractivity contribution < 1.29 is 24.0 Å². The molecule has 7 nitrogen and oxygen atoms in total. The summed E-state index contributed by atoms with van der Waals surface area (Å²) in [7, 11) is 0. The maximum absolute atomic E-state index is 13.2. The molecule has 1 amide bonds. The monoisotopic (exact) mass is 446 g/mol. The van der Waals surface area contributed by atoms with Crippen LogP contribution in [0.5, 0.6) is 0 Å². The average molecular weight is 446 g/mol. The summed E-state index contributed by atoms with van der Waals surface area (Å²) in [5, 5.41) is 22.1. The SMILES string of the molecule is O=C1C(=O)N(CCc2ccc(F)cc2)C(c2ccccc2)/C1=C(/O)c1cccc([N+](=O)[O-])c1. The molecule has 0 radical (unpaired) electrons. The van der Waals surface area contributed by atoms with E-state index in [4.69, 9.17) is 0 Å². The molecule has 0 spiro atoms. The zero-order valence-electron chi connectivity index (χ0n) is 17.3. The number of nitro benzene ring substituents is 1. The van der Waals surface area contributed by atoms with Crippen LogP contribution in [0.15, 0.2) is 84.4 Å². The van der Waals surface area contributed by atoms with Crippen LogP contribution in [-0.4, -0.2) is 33.2 Å². The van der Waals surface area contributed by atoms with Gasteiger partial charge in [-0.3, -0.25) is 19.7 Å². The first kappa shape index (κ1) is 21.9. The number of hydrogen-bond acceptors (Lipinski definition) is 5. The van der Waals surface area contributed by atoms with E-state index in [0.717, 1.165) is 11.6 Å². The van der Waals surface area contributed by atoms with E-state index in [9.17, 15) is 29.2 Å². The Kier molecular flexibility index (Phi) is 5.99. The minimum atomic E-state index is -0.870. The molecule has 0 saturated carbocycles. The zero-order valence-corrected chi connectivity index (χ0v) is 17.3. The number of aliphatic hydroxyl groups excluding tert-OH is 1. The number of nitrogens with zero attached hydrogens (tertiary/aromatic N) is 2. The fourth-order valence-corrected chi connectivity index (χ4v) is 3.92. The van der Waals surface area contributed by atoms with Crippen molar-refractivity contribution in [3.63, 3.8) is 0 Å². The molecule has 1 N–H and O–H groups in total. The number of ketones is 1. The van der Waals surface area contributed by atoms with Gasteiger partial charge in [0.05, 0.1) is 16.5 Å². The van der Waals surface area contributed by atoms with Gasteiger partial charge in [-0.15, -0.1) is 0 Å². The molecule has 3 aromatic rings. The van der Waals surface area contributed by atoms with Gasteiger partial charge in [-0.25, -0.2) is 4.39 Å². The molecule has 1 aliphatic heterocycles. The molecule has 1 atom stereocenters. The third-order valence-electron chi connectivity index (χ3n) is 5.54. The fraction of sp³-hybridized carbons (Fsp3) is 0.120. The summed E-state index contributed by atoms with van der Waals surface area (Å²) in [6, 6.07) is 19.0. The van der Waals surface area contributed by atoms with Gasteiger partial charge in [-0.2, -0.15) is 0 Å². The number of carbonyl (C=O) groups excluding carboxylic acids is 2. The molecule has 0 bridgehead atoms. The lowest BCUT2D eigenvalue weighted by Gasteiger charge is -2.25. The van der Waals surface area contributed by atoms with Crippen LogP contribution < -0.4 is 0 Å². The van der Waals surface area contributed by atoms with Crippen LogP contribution in [0.25, 0.3) is 5.76 Å². The van der Waals surface area contributed by atoms with Crippen LogP contribution in [0.2, 0.25) is 0 Å². The Bertz CT molecular complexity index is 1260. The number of hydrogen-bond donors (Lipinski definition) is 1. The predicted molar refractivity (Wildman–Crippen MR) is 119 cm³/mol. The Balaban J connectivity index is 1.77. The smallest absolute Gasteiger partial charge is 0.295 e. The molecule has 1 unspecified atom stereocenters. The summed E-state index contributed by atoms with van der Waals surface area (Å²) in [6.07, 6.45) is 0.369. The minimum Gasteiger partial charge on any atom is -0.507 e. The molecular formula is C25H19FN2O5. The van der Waals surface area contributed by atoms with Crippen molar-refractivity contribution in [3.05, 3.63) is 117 Å². The van der Waals surface area contributed by atoms with Crippen molar-refractivity contribution in [2.24, 2.45) is 0 Å². The Hall–Kier alpha value is -4.33. The summed E-state index contributed by atoms with van der Waals surface area (Å²) < 4.78 is 13.2. The van der Waals surface area contributed by atoms with E-state index in [2.05, 4.69) is 0 Å². The van der Waals surface area contributed by atoms with Crippen LogP contribution in [-0.2, 0) is 16.0 Å². The summed E-state index contributed by atoms with van der Waals surface area (Å²) in [6.45, 7) is 0.154. The van der Waals surface area contributed by atoms with Gasteiger partial charge in [0.25, 0.3) is 17.4 Å². The molecule has 1 saturated heterocycles. The summed E-state index contributed by atoms with van der Waals surface area (Å²) in [5.74, 6) is -2.50. The Morgan fingerprint density at radius 3 is 2.36 bits per heavy atom. The van der Waals surface area contributed by atoms with Crippen molar-refractivity contribution in [2.45, 2.75) is 12.5 Å². The molecule has 3 aromatic carbocycles. The highest BCUT2D eigenvalue weighted by Crippen LogP contribution is 2.39. The Morgan fingerprint density at radius 1 is 1.00 bits per heavy atom. The second-order valence-corrected chi connectivity index (χ2v) is 7.59. The second-order valence-electron chi connectivity index (χ2n) is 7.59. The predicted octanol–water partition coefficient (Wildman–Crippen LogP) is 4.40. The number of aliphatic hydroxyl groups is 1. The first-order valence-electron chi connectivity index (χ1n) is 10.2. The largest absolute Gasteiger partial charge is 0.507 e. The van der Waals surface area contributed by atoms with Crippen LogP contribution in [0.3, 0.4) is 0 Å². The van der Waals surface area contributed by atoms with Crippen molar-refractivity contribution in [2.75, 3.05) is 6.54 Å². The van der Waals surface area contributed by atoms with E-state index in [0.29, 0.717) is 12.0 Å². The summed E-state index contributed by atoms with van der Waals surface area (Å²) in [5.41, 5.74) is 1.08. The highest BCUT2D eigenvalue weighted by atomic mass is 19.1. The number of non-ortho nitro benzene ring substituents is 1. The number of carbonyl (C=O) groups is 2. The van der Waals surface area contributed by atoms with Crippen LogP contribution in [0, 0.1) is 15.9 Å². The van der Waals surface area contributed by atoms with Crippen LogP contribution in [0.1, 0.15) is 22.7 Å². The highest BCUT2D eigenvalue weighted by Gasteiger charge is 2.45. The van der Waals surface area contributed by atoms with Gasteiger partial charge in [-0.1, -0.05) is 54.6 Å². The van der Waals surface area contributed by atoms with Gasteiger partial charge in [0, 0.05) is 24.2 Å². The van der Waals surface area contributed by atoms with Gasteiger partial charge in [0.15, 0.2) is 0 Å². The fourth-order valence-electron chi connectivity index (χ4n) is 3.92. The van der Waals surface area contributed by atoms with E-state index < -0.39 is 28.4 Å². The number of likely N-dealkylation sites (tertiary alicyclic amines) is 1. The first-order chi connectivity index (χ1) is 15.9. The lowest BCUT2D eigenvalue weighted by Crippen LogP contribution is -2.31. The topological polar surface area (TPSA) is 101 Å². The zero-order chi connectivity index (χ0) is 23.5. The standard InChI is InChI=1S/C25H19FN2O5/c26-19-11-9-16(10-12-19)13-14-27-22(17-5-2-1-3-6-17)21(24(30)25(27)31)23(29)18-7-4-8-20(15-18)28(32)33/h1-12,15,22,29H,13-14H2/b23-21-. The quantitative estimate of drug-likeness (QED) is 0.199. The third kappa shape index (κ3) is 4.36. The number of halogens is 1. The van der Waals surface area contributed by atoms with Gasteiger partial charge in [-0.05, 0) is 29.7 Å². The number of amides is 1. The van der Waals surface area contributed by atoms with Crippen LogP contribution in [0.4, 0.5) is 10.1 Å². The molecule has 33 heavy (non-hydrogen) atoms. The Labute approximate surface area is 188 Å². The number of Topliss-reactive ketones (excluding diaryl/α,β-unsaturated/α-hetero) is 1. The normalized spacial score (nSPS) is 17.4. The van der Waals surface area contributed by atoms with E-state index in [1.807, 2.05) is 0 Å². The molecule has 1 fully saturated rings. The van der Waals surface area contributed by atoms with E-state index in [1.54, 1.807) is 42.5 Å². The molecule has 1 heterocycles. The van der Waals surface area contributed by atoms with E-state index in [1.165, 1.54) is 35.2 Å². The average Bonchev–Trinajstić information content (AvgIpc) is 3.08. The molecule has 0 aliphatic carbocycles. The van der Waals surface area contributed by atoms with Gasteiger partial charge < -0.3 is 10.0 Å². The second kappa shape index (κ2) is 9.04. The first-order valence-corrected chi connectivity index (χ1v) is 10.2. The third-order valence-corrected chi connectivity index (χ3v) is 5.54.